The number of methoxy groups -OCH3 is 1. The van der Waals surface area contributed by atoms with E-state index in [0.717, 1.165) is 12.8 Å². The fourth-order valence-electron chi connectivity index (χ4n) is 2.14. The van der Waals surface area contributed by atoms with Crippen LogP contribution in [0.4, 0.5) is 0 Å². The topological polar surface area (TPSA) is 46.6 Å². The van der Waals surface area contributed by atoms with Gasteiger partial charge >= 0.3 is 0 Å². The SMILES string of the molecule is CCCC(C)N(C)S(=O)(=O)c1cc(Cl)cc(CCl)c1OC. The van der Waals surface area contributed by atoms with E-state index in [1.807, 2.05) is 13.8 Å². The van der Waals surface area contributed by atoms with Gasteiger partial charge in [0.1, 0.15) is 10.6 Å². The summed E-state index contributed by atoms with van der Waals surface area (Å²) in [6.45, 7) is 3.89. The molecule has 7 heteroatoms. The molecule has 21 heavy (non-hydrogen) atoms. The van der Waals surface area contributed by atoms with Gasteiger partial charge in [0, 0.05) is 23.7 Å². The molecule has 0 aromatic heterocycles. The third-order valence-corrected chi connectivity index (χ3v) is 5.91. The van der Waals surface area contributed by atoms with Crippen molar-refractivity contribution in [2.24, 2.45) is 0 Å². The first-order chi connectivity index (χ1) is 9.79. The first kappa shape index (κ1) is 18.6. The summed E-state index contributed by atoms with van der Waals surface area (Å²) in [4.78, 5) is 0.0543. The van der Waals surface area contributed by atoms with E-state index in [0.29, 0.717) is 10.6 Å². The standard InChI is InChI=1S/C14H21Cl2NO3S/c1-5-6-10(2)17(3)21(18,19)13-8-12(16)7-11(9-15)14(13)20-4/h7-8,10H,5-6,9H2,1-4H3. The highest BCUT2D eigenvalue weighted by molar-refractivity contribution is 7.89. The summed E-state index contributed by atoms with van der Waals surface area (Å²) in [5, 5.41) is 0.321. The second-order valence-corrected chi connectivity index (χ2v) is 7.56. The summed E-state index contributed by atoms with van der Waals surface area (Å²) in [5.41, 5.74) is 0.557. The number of sulfonamides is 1. The summed E-state index contributed by atoms with van der Waals surface area (Å²) in [5.74, 6) is 0.380. The summed E-state index contributed by atoms with van der Waals surface area (Å²) in [6.07, 6.45) is 1.68. The Morgan fingerprint density at radius 2 is 2.00 bits per heavy atom. The van der Waals surface area contributed by atoms with Gasteiger partial charge in [-0.1, -0.05) is 24.9 Å². The quantitative estimate of drug-likeness (QED) is 0.698. The van der Waals surface area contributed by atoms with E-state index in [2.05, 4.69) is 0 Å². The van der Waals surface area contributed by atoms with Crippen LogP contribution in [-0.2, 0) is 15.9 Å². The van der Waals surface area contributed by atoms with Crippen molar-refractivity contribution in [1.29, 1.82) is 0 Å². The Labute approximate surface area is 137 Å². The molecule has 4 nitrogen and oxygen atoms in total. The molecule has 0 fully saturated rings. The number of halogens is 2. The van der Waals surface area contributed by atoms with Crippen LogP contribution in [0.25, 0.3) is 0 Å². The molecular weight excluding hydrogens is 333 g/mol. The molecule has 0 heterocycles. The number of hydrogen-bond donors (Lipinski definition) is 0. The molecule has 0 aliphatic heterocycles. The van der Waals surface area contributed by atoms with Gasteiger partial charge < -0.3 is 4.74 Å². The van der Waals surface area contributed by atoms with Crippen LogP contribution < -0.4 is 4.74 Å². The maximum absolute atomic E-state index is 12.8. The Kier molecular flexibility index (Phi) is 6.78. The first-order valence-corrected chi connectivity index (χ1v) is 9.05. The van der Waals surface area contributed by atoms with E-state index in [1.54, 1.807) is 13.1 Å². The fraction of sp³-hybridized carbons (Fsp3) is 0.571. The van der Waals surface area contributed by atoms with Crippen LogP contribution in [0.2, 0.25) is 5.02 Å². The van der Waals surface area contributed by atoms with Crippen molar-refractivity contribution >= 4 is 33.2 Å². The molecule has 1 atom stereocenters. The minimum Gasteiger partial charge on any atom is -0.495 e. The Hall–Kier alpha value is -0.490. The lowest BCUT2D eigenvalue weighted by Gasteiger charge is -2.25. The molecule has 0 aliphatic carbocycles. The Morgan fingerprint density at radius 1 is 1.38 bits per heavy atom. The average Bonchev–Trinajstić information content (AvgIpc) is 2.45. The molecule has 0 spiro atoms. The molecule has 1 aromatic carbocycles. The number of ether oxygens (including phenoxy) is 1. The van der Waals surface area contributed by atoms with Crippen LogP contribution >= 0.6 is 23.2 Å². The molecule has 0 amide bonds. The minimum atomic E-state index is -3.69. The summed E-state index contributed by atoms with van der Waals surface area (Å²) >= 11 is 11.9. The molecule has 0 aliphatic rings. The van der Waals surface area contributed by atoms with Gasteiger partial charge in [-0.3, -0.25) is 0 Å². The molecule has 0 saturated carbocycles. The highest BCUT2D eigenvalue weighted by Crippen LogP contribution is 2.34. The molecule has 0 bridgehead atoms. The number of nitrogens with zero attached hydrogens (tertiary/aromatic N) is 1. The predicted molar refractivity (Wildman–Crippen MR) is 86.9 cm³/mol. The lowest BCUT2D eigenvalue weighted by Crippen LogP contribution is -2.35. The van der Waals surface area contributed by atoms with Crippen molar-refractivity contribution in [2.45, 2.75) is 43.5 Å². The minimum absolute atomic E-state index is 0.0543. The summed E-state index contributed by atoms with van der Waals surface area (Å²) in [7, 11) is -0.703. The van der Waals surface area contributed by atoms with E-state index < -0.39 is 10.0 Å². The maximum Gasteiger partial charge on any atom is 0.246 e. The lowest BCUT2D eigenvalue weighted by molar-refractivity contribution is 0.361. The van der Waals surface area contributed by atoms with E-state index in [4.69, 9.17) is 27.9 Å². The number of alkyl halides is 1. The van der Waals surface area contributed by atoms with Crippen molar-refractivity contribution in [3.8, 4) is 5.75 Å². The van der Waals surface area contributed by atoms with Gasteiger partial charge in [-0.05, 0) is 25.5 Å². The van der Waals surface area contributed by atoms with Crippen molar-refractivity contribution < 1.29 is 13.2 Å². The van der Waals surface area contributed by atoms with Gasteiger partial charge in [-0.25, -0.2) is 8.42 Å². The Balaban J connectivity index is 3.40. The van der Waals surface area contributed by atoms with Gasteiger partial charge in [0.05, 0.1) is 13.0 Å². The highest BCUT2D eigenvalue weighted by atomic mass is 35.5. The van der Waals surface area contributed by atoms with Crippen LogP contribution in [0.5, 0.6) is 5.75 Å². The van der Waals surface area contributed by atoms with Gasteiger partial charge in [0.2, 0.25) is 10.0 Å². The average molecular weight is 354 g/mol. The summed E-state index contributed by atoms with van der Waals surface area (Å²) < 4.78 is 32.2. The highest BCUT2D eigenvalue weighted by Gasteiger charge is 2.29. The third kappa shape index (κ3) is 4.03. The molecule has 0 N–H and O–H groups in total. The monoisotopic (exact) mass is 353 g/mol. The van der Waals surface area contributed by atoms with Crippen LogP contribution in [0.1, 0.15) is 32.3 Å². The molecule has 120 valence electrons. The molecule has 0 saturated heterocycles. The first-order valence-electron chi connectivity index (χ1n) is 6.70. The number of hydrogen-bond acceptors (Lipinski definition) is 3. The second kappa shape index (κ2) is 7.68. The van der Waals surface area contributed by atoms with Crippen molar-refractivity contribution in [2.75, 3.05) is 14.2 Å². The van der Waals surface area contributed by atoms with Gasteiger partial charge in [-0.15, -0.1) is 11.6 Å². The van der Waals surface area contributed by atoms with Crippen LogP contribution in [-0.4, -0.2) is 32.9 Å². The van der Waals surface area contributed by atoms with E-state index >= 15 is 0 Å². The molecule has 1 rings (SSSR count). The number of rotatable bonds is 7. The Bertz CT molecular complexity index is 590. The number of benzene rings is 1. The summed E-state index contributed by atoms with van der Waals surface area (Å²) in [6, 6.07) is 2.91. The predicted octanol–water partition coefficient (Wildman–Crippen LogP) is 3.90. The smallest absolute Gasteiger partial charge is 0.246 e. The maximum atomic E-state index is 12.8. The zero-order chi connectivity index (χ0) is 16.2. The van der Waals surface area contributed by atoms with Crippen LogP contribution in [0, 0.1) is 0 Å². The normalized spacial score (nSPS) is 13.5. The Morgan fingerprint density at radius 3 is 2.48 bits per heavy atom. The molecular formula is C14H21Cl2NO3S. The third-order valence-electron chi connectivity index (χ3n) is 3.43. The van der Waals surface area contributed by atoms with E-state index in [1.165, 1.54) is 17.5 Å². The molecule has 0 radical (unpaired) electrons. The molecule has 1 aromatic rings. The van der Waals surface area contributed by atoms with Crippen molar-refractivity contribution in [3.63, 3.8) is 0 Å². The van der Waals surface area contributed by atoms with E-state index in [9.17, 15) is 8.42 Å². The zero-order valence-electron chi connectivity index (χ0n) is 12.7. The van der Waals surface area contributed by atoms with Crippen LogP contribution in [0.15, 0.2) is 17.0 Å². The van der Waals surface area contributed by atoms with Gasteiger partial charge in [0.25, 0.3) is 0 Å². The fourth-order valence-corrected chi connectivity index (χ4v) is 4.25. The van der Waals surface area contributed by atoms with E-state index in [-0.39, 0.29) is 22.6 Å². The largest absolute Gasteiger partial charge is 0.495 e. The second-order valence-electron chi connectivity index (χ2n) is 4.89. The van der Waals surface area contributed by atoms with Crippen molar-refractivity contribution in [1.82, 2.24) is 4.31 Å². The lowest BCUT2D eigenvalue weighted by atomic mass is 10.2. The molecule has 1 unspecified atom stereocenters. The zero-order valence-corrected chi connectivity index (χ0v) is 15.0. The van der Waals surface area contributed by atoms with Crippen molar-refractivity contribution in [3.05, 3.63) is 22.7 Å². The van der Waals surface area contributed by atoms with Gasteiger partial charge in [0.15, 0.2) is 0 Å². The van der Waals surface area contributed by atoms with Crippen LogP contribution in [0.3, 0.4) is 0 Å². The van der Waals surface area contributed by atoms with Gasteiger partial charge in [-0.2, -0.15) is 4.31 Å².